The van der Waals surface area contributed by atoms with Crippen molar-refractivity contribution in [1.29, 1.82) is 0 Å². The van der Waals surface area contributed by atoms with Gasteiger partial charge in [0.15, 0.2) is 0 Å². The van der Waals surface area contributed by atoms with E-state index in [1.165, 1.54) is 35.6 Å². The smallest absolute Gasteiger partial charge is 0.410 e. The number of benzene rings is 1. The number of allylic oxidation sites excluding steroid dienone is 1. The molecule has 1 atom stereocenters. The number of amides is 1. The molecule has 35 heavy (non-hydrogen) atoms. The largest absolute Gasteiger partial charge is 0.459 e. The molecule has 190 valence electrons. The third-order valence-corrected chi connectivity index (χ3v) is 6.88. The van der Waals surface area contributed by atoms with Crippen LogP contribution in [0.3, 0.4) is 0 Å². The van der Waals surface area contributed by atoms with Crippen LogP contribution in [0.1, 0.15) is 53.2 Å². The lowest BCUT2D eigenvalue weighted by atomic mass is 10.0. The Morgan fingerprint density at radius 2 is 2.00 bits per heavy atom. The Bertz CT molecular complexity index is 1050. The summed E-state index contributed by atoms with van der Waals surface area (Å²) < 4.78 is 39.7. The summed E-state index contributed by atoms with van der Waals surface area (Å²) in [4.78, 5) is 27.4. The predicted molar refractivity (Wildman–Crippen MR) is 134 cm³/mol. The fraction of sp³-hybridized carbons (Fsp3) is 0.440. The summed E-state index contributed by atoms with van der Waals surface area (Å²) in [6, 6.07) is 7.07. The molecule has 1 amide bonds. The number of ether oxygens (including phenoxy) is 2. The minimum absolute atomic E-state index is 0.145. The van der Waals surface area contributed by atoms with Crippen molar-refractivity contribution < 1.29 is 27.8 Å². The zero-order valence-corrected chi connectivity index (χ0v) is 21.8. The van der Waals surface area contributed by atoms with Crippen molar-refractivity contribution in [2.24, 2.45) is 0 Å². The molecule has 2 heterocycles. The highest BCUT2D eigenvalue weighted by Crippen LogP contribution is 2.35. The van der Waals surface area contributed by atoms with Gasteiger partial charge >= 0.3 is 12.1 Å². The molecule has 0 bridgehead atoms. The van der Waals surface area contributed by atoms with Crippen LogP contribution in [-0.4, -0.2) is 42.3 Å². The van der Waals surface area contributed by atoms with Gasteiger partial charge in [0.25, 0.3) is 5.92 Å². The van der Waals surface area contributed by atoms with E-state index < -0.39 is 18.4 Å². The fourth-order valence-electron chi connectivity index (χ4n) is 3.67. The number of hydrogen-bond donors (Lipinski definition) is 0. The van der Waals surface area contributed by atoms with E-state index in [1.807, 2.05) is 6.07 Å². The van der Waals surface area contributed by atoms with Crippen LogP contribution in [0.4, 0.5) is 13.6 Å². The van der Waals surface area contributed by atoms with Crippen molar-refractivity contribution >= 4 is 46.6 Å². The molecule has 0 saturated carbocycles. The van der Waals surface area contributed by atoms with Crippen LogP contribution in [0.5, 0.6) is 0 Å². The molecule has 1 saturated heterocycles. The van der Waals surface area contributed by atoms with E-state index >= 15 is 0 Å². The summed E-state index contributed by atoms with van der Waals surface area (Å²) in [5.41, 5.74) is -0.257. The minimum Gasteiger partial charge on any atom is -0.459 e. The number of esters is 1. The first-order valence-electron chi connectivity index (χ1n) is 11.3. The minimum atomic E-state index is -3.15. The van der Waals surface area contributed by atoms with Crippen LogP contribution in [0, 0.1) is 0 Å². The van der Waals surface area contributed by atoms with Gasteiger partial charge in [0.1, 0.15) is 4.88 Å². The molecule has 1 aromatic heterocycles. The Morgan fingerprint density at radius 1 is 1.29 bits per heavy atom. The average molecular weight is 546 g/mol. The lowest BCUT2D eigenvalue weighted by molar-refractivity contribution is -0.00121. The lowest BCUT2D eigenvalue weighted by Gasteiger charge is -2.33. The number of aryl methyl sites for hydroxylation is 1. The molecule has 3 rings (SSSR count). The van der Waals surface area contributed by atoms with Gasteiger partial charge in [-0.25, -0.2) is 18.4 Å². The van der Waals surface area contributed by atoms with Crippen LogP contribution < -0.4 is 0 Å². The van der Waals surface area contributed by atoms with E-state index in [9.17, 15) is 18.4 Å². The van der Waals surface area contributed by atoms with E-state index in [0.717, 1.165) is 4.88 Å². The Morgan fingerprint density at radius 3 is 2.69 bits per heavy atom. The average Bonchev–Trinajstić information content (AvgIpc) is 3.23. The number of carbonyl (C=O) groups is 2. The zero-order valence-electron chi connectivity index (χ0n) is 19.4. The standard InChI is InChI=1S/C25H27Cl2F2NO4S/c1-16(2)34-23(31)22-8-7-21(35-22)6-4-11-30-20(9-12-33-24(30)32)5-3-10-25(28,29)17-13-18(26)15-19(27)14-17/h3,5,7-8,13-16,20H,4,6,9-12H2,1-2H3/b5-3+/t20-/m0/s1. The highest BCUT2D eigenvalue weighted by molar-refractivity contribution is 7.13. The van der Waals surface area contributed by atoms with Crippen LogP contribution >= 0.6 is 34.5 Å². The van der Waals surface area contributed by atoms with Crippen LogP contribution in [0.2, 0.25) is 10.0 Å². The van der Waals surface area contributed by atoms with Crippen LogP contribution in [-0.2, 0) is 21.8 Å². The van der Waals surface area contributed by atoms with Gasteiger partial charge in [-0.2, -0.15) is 0 Å². The molecule has 0 spiro atoms. The van der Waals surface area contributed by atoms with Gasteiger partial charge in [-0.3, -0.25) is 0 Å². The number of rotatable bonds is 10. The summed E-state index contributed by atoms with van der Waals surface area (Å²) in [7, 11) is 0. The van der Waals surface area contributed by atoms with Crippen molar-refractivity contribution in [2.75, 3.05) is 13.2 Å². The van der Waals surface area contributed by atoms with Gasteiger partial charge in [0.2, 0.25) is 0 Å². The topological polar surface area (TPSA) is 55.8 Å². The predicted octanol–water partition coefficient (Wildman–Crippen LogP) is 7.50. The number of carbonyl (C=O) groups excluding carboxylic acids is 2. The van der Waals surface area contributed by atoms with E-state index in [1.54, 1.807) is 30.9 Å². The SMILES string of the molecule is CC(C)OC(=O)c1ccc(CCCN2C(=O)OCC[C@@H]2/C=C/CC(F)(F)c2cc(Cl)cc(Cl)c2)s1. The second kappa shape index (κ2) is 12.2. The first kappa shape index (κ1) is 27.4. The molecule has 1 fully saturated rings. The van der Waals surface area contributed by atoms with Crippen molar-refractivity contribution in [3.63, 3.8) is 0 Å². The molecule has 0 radical (unpaired) electrons. The van der Waals surface area contributed by atoms with Crippen molar-refractivity contribution in [3.8, 4) is 0 Å². The van der Waals surface area contributed by atoms with E-state index in [0.29, 0.717) is 30.7 Å². The van der Waals surface area contributed by atoms with Crippen LogP contribution in [0.15, 0.2) is 42.5 Å². The maximum Gasteiger partial charge on any atom is 0.410 e. The van der Waals surface area contributed by atoms with Gasteiger partial charge < -0.3 is 14.4 Å². The van der Waals surface area contributed by atoms with Crippen molar-refractivity contribution in [2.45, 2.75) is 57.6 Å². The Hall–Kier alpha value is -2.16. The summed E-state index contributed by atoms with van der Waals surface area (Å²) in [5.74, 6) is -3.50. The zero-order chi connectivity index (χ0) is 25.6. The third-order valence-electron chi connectivity index (χ3n) is 5.32. The molecular formula is C25H27Cl2F2NO4S. The first-order chi connectivity index (χ1) is 16.5. The Balaban J connectivity index is 1.57. The number of alkyl halides is 2. The molecule has 5 nitrogen and oxygen atoms in total. The summed E-state index contributed by atoms with van der Waals surface area (Å²) >= 11 is 13.1. The highest BCUT2D eigenvalue weighted by atomic mass is 35.5. The summed E-state index contributed by atoms with van der Waals surface area (Å²) in [5, 5.41) is 0.291. The molecule has 0 N–H and O–H groups in total. The maximum atomic E-state index is 14.7. The van der Waals surface area contributed by atoms with Crippen LogP contribution in [0.25, 0.3) is 0 Å². The maximum absolute atomic E-state index is 14.7. The number of cyclic esters (lactones) is 1. The molecule has 1 aromatic carbocycles. The second-order valence-electron chi connectivity index (χ2n) is 8.48. The Kier molecular flexibility index (Phi) is 9.55. The third kappa shape index (κ3) is 7.92. The number of hydrogen-bond acceptors (Lipinski definition) is 5. The molecule has 0 aliphatic carbocycles. The molecule has 0 unspecified atom stereocenters. The van der Waals surface area contributed by atoms with E-state index in [4.69, 9.17) is 32.7 Å². The fourth-order valence-corrected chi connectivity index (χ4v) is 5.13. The molecule has 10 heteroatoms. The molecule has 1 aliphatic rings. The molecule has 1 aliphatic heterocycles. The van der Waals surface area contributed by atoms with E-state index in [2.05, 4.69) is 0 Å². The number of nitrogens with zero attached hydrogens (tertiary/aromatic N) is 1. The number of thiophene rings is 1. The summed E-state index contributed by atoms with van der Waals surface area (Å²) in [6.45, 7) is 4.22. The van der Waals surface area contributed by atoms with Gasteiger partial charge in [0.05, 0.1) is 18.8 Å². The second-order valence-corrected chi connectivity index (χ2v) is 10.5. The lowest BCUT2D eigenvalue weighted by Crippen LogP contribution is -2.45. The van der Waals surface area contributed by atoms with Gasteiger partial charge in [-0.05, 0) is 57.0 Å². The van der Waals surface area contributed by atoms with Crippen molar-refractivity contribution in [3.05, 3.63) is 67.8 Å². The molecule has 2 aromatic rings. The van der Waals surface area contributed by atoms with E-state index in [-0.39, 0.29) is 40.3 Å². The Labute approximate surface area is 217 Å². The number of halogens is 4. The quantitative estimate of drug-likeness (QED) is 0.229. The first-order valence-corrected chi connectivity index (χ1v) is 12.9. The van der Waals surface area contributed by atoms with Crippen molar-refractivity contribution in [1.82, 2.24) is 4.90 Å². The normalized spacial score (nSPS) is 16.7. The van der Waals surface area contributed by atoms with Gasteiger partial charge in [-0.1, -0.05) is 35.4 Å². The summed E-state index contributed by atoms with van der Waals surface area (Å²) in [6.07, 6.45) is 3.62. The monoisotopic (exact) mass is 545 g/mol. The molecular weight excluding hydrogens is 519 g/mol. The highest BCUT2D eigenvalue weighted by Gasteiger charge is 2.32. The van der Waals surface area contributed by atoms with Gasteiger partial charge in [0, 0.05) is 39.9 Å². The van der Waals surface area contributed by atoms with Gasteiger partial charge in [-0.15, -0.1) is 11.3 Å².